The zero-order valence-corrected chi connectivity index (χ0v) is 21.4. The van der Waals surface area contributed by atoms with Gasteiger partial charge in [0.2, 0.25) is 11.8 Å². The highest BCUT2D eigenvalue weighted by Crippen LogP contribution is 2.23. The summed E-state index contributed by atoms with van der Waals surface area (Å²) in [5.74, 6) is -1.00. The Balaban J connectivity index is 2.47. The van der Waals surface area contributed by atoms with Crippen molar-refractivity contribution in [1.82, 2.24) is 15.5 Å². The van der Waals surface area contributed by atoms with Gasteiger partial charge in [-0.3, -0.25) is 14.4 Å². The second-order valence-electron chi connectivity index (χ2n) is 8.57. The molecule has 0 bridgehead atoms. The molecule has 34 heavy (non-hydrogen) atoms. The Kier molecular flexibility index (Phi) is 16.5. The number of carbonyl (C=O) groups is 3. The number of likely N-dealkylation sites (tertiary alicyclic amines) is 1. The van der Waals surface area contributed by atoms with Gasteiger partial charge in [-0.2, -0.15) is 0 Å². The Morgan fingerprint density at radius 2 is 1.65 bits per heavy atom. The van der Waals surface area contributed by atoms with Crippen molar-refractivity contribution >= 4 is 17.8 Å². The molecule has 2 N–H and O–H groups in total. The monoisotopic (exact) mass is 487 g/mol. The zero-order chi connectivity index (χ0) is 25.2. The van der Waals surface area contributed by atoms with Gasteiger partial charge >= 0.3 is 5.97 Å². The molecule has 1 aliphatic rings. The summed E-state index contributed by atoms with van der Waals surface area (Å²) in [7, 11) is 1.86. The van der Waals surface area contributed by atoms with Gasteiger partial charge in [0, 0.05) is 19.5 Å². The molecule has 1 rings (SSSR count). The average molecular weight is 488 g/mol. The zero-order valence-electron chi connectivity index (χ0n) is 21.4. The summed E-state index contributed by atoms with van der Waals surface area (Å²) < 4.78 is 21.9. The Morgan fingerprint density at radius 3 is 2.29 bits per heavy atom. The van der Waals surface area contributed by atoms with Crippen LogP contribution in [0.3, 0.4) is 0 Å². The van der Waals surface area contributed by atoms with Gasteiger partial charge in [0.05, 0.1) is 45.5 Å². The van der Waals surface area contributed by atoms with Gasteiger partial charge in [0.15, 0.2) is 0 Å². The maximum Gasteiger partial charge on any atom is 0.308 e. The number of likely N-dealkylation sites (N-methyl/N-ethyl adjacent to an activating group) is 1. The van der Waals surface area contributed by atoms with E-state index in [1.165, 1.54) is 4.90 Å². The normalized spacial score (nSPS) is 18.6. The molecule has 0 aromatic rings. The molecule has 3 atom stereocenters. The number of nitrogens with zero attached hydrogens (tertiary/aromatic N) is 1. The molecule has 1 heterocycles. The molecule has 0 radical (unpaired) electrons. The summed E-state index contributed by atoms with van der Waals surface area (Å²) in [6.45, 7) is 9.43. The third-order valence-electron chi connectivity index (χ3n) is 5.58. The van der Waals surface area contributed by atoms with E-state index in [2.05, 4.69) is 17.6 Å². The Bertz CT molecular complexity index is 591. The lowest BCUT2D eigenvalue weighted by Gasteiger charge is -2.23. The molecule has 3 unspecified atom stereocenters. The molecule has 1 aliphatic heterocycles. The summed E-state index contributed by atoms with van der Waals surface area (Å²) in [5.41, 5.74) is 0. The molecule has 0 aromatic carbocycles. The van der Waals surface area contributed by atoms with Crippen LogP contribution in [0.4, 0.5) is 0 Å². The molecule has 1 saturated heterocycles. The second kappa shape index (κ2) is 18.6. The van der Waals surface area contributed by atoms with Crippen LogP contribution in [0.15, 0.2) is 0 Å². The first-order chi connectivity index (χ1) is 16.4. The van der Waals surface area contributed by atoms with Gasteiger partial charge in [-0.25, -0.2) is 0 Å². The lowest BCUT2D eigenvalue weighted by Crippen LogP contribution is -2.47. The van der Waals surface area contributed by atoms with Crippen LogP contribution in [-0.2, 0) is 33.3 Å². The molecule has 198 valence electrons. The molecular weight excluding hydrogens is 442 g/mol. The number of rotatable bonds is 19. The van der Waals surface area contributed by atoms with Gasteiger partial charge in [-0.05, 0) is 19.9 Å². The summed E-state index contributed by atoms with van der Waals surface area (Å²) in [5, 5.41) is 5.84. The van der Waals surface area contributed by atoms with E-state index in [4.69, 9.17) is 18.9 Å². The smallest absolute Gasteiger partial charge is 0.308 e. The second-order valence-corrected chi connectivity index (χ2v) is 8.57. The minimum Gasteiger partial charge on any atom is -0.460 e. The minimum absolute atomic E-state index is 0.160. The van der Waals surface area contributed by atoms with Crippen LogP contribution in [0, 0.1) is 5.92 Å². The van der Waals surface area contributed by atoms with Gasteiger partial charge in [-0.1, -0.05) is 33.6 Å². The number of nitrogens with one attached hydrogen (secondary N) is 2. The van der Waals surface area contributed by atoms with E-state index >= 15 is 0 Å². The van der Waals surface area contributed by atoms with E-state index in [1.807, 2.05) is 20.9 Å². The quantitative estimate of drug-likeness (QED) is 0.206. The van der Waals surface area contributed by atoms with Crippen LogP contribution < -0.4 is 10.6 Å². The third-order valence-corrected chi connectivity index (χ3v) is 5.58. The van der Waals surface area contributed by atoms with Crippen LogP contribution in [0.2, 0.25) is 0 Å². The fraction of sp³-hybridized carbons (Fsp3) is 0.875. The van der Waals surface area contributed by atoms with Gasteiger partial charge in [0.1, 0.15) is 18.8 Å². The van der Waals surface area contributed by atoms with Crippen molar-refractivity contribution in [3.8, 4) is 0 Å². The molecule has 1 fully saturated rings. The number of hydrogen-bond acceptors (Lipinski definition) is 8. The van der Waals surface area contributed by atoms with E-state index in [9.17, 15) is 14.4 Å². The largest absolute Gasteiger partial charge is 0.460 e. The molecule has 0 spiro atoms. The summed E-state index contributed by atoms with van der Waals surface area (Å²) in [6.07, 6.45) is 3.33. The Hall–Kier alpha value is -1.75. The first kappa shape index (κ1) is 30.3. The topological polar surface area (TPSA) is 115 Å². The molecule has 10 heteroatoms. The molecule has 0 aliphatic carbocycles. The van der Waals surface area contributed by atoms with Crippen LogP contribution in [0.1, 0.15) is 52.9 Å². The lowest BCUT2D eigenvalue weighted by atomic mass is 10.0. The predicted octanol–water partition coefficient (Wildman–Crippen LogP) is 1.12. The van der Waals surface area contributed by atoms with Crippen LogP contribution in [-0.4, -0.2) is 101 Å². The molecule has 0 saturated carbocycles. The highest BCUT2D eigenvalue weighted by molar-refractivity contribution is 5.89. The Morgan fingerprint density at radius 1 is 0.971 bits per heavy atom. The van der Waals surface area contributed by atoms with E-state index in [0.29, 0.717) is 39.4 Å². The summed E-state index contributed by atoms with van der Waals surface area (Å²) >= 11 is 0. The third kappa shape index (κ3) is 12.1. The van der Waals surface area contributed by atoms with Gasteiger partial charge in [-0.15, -0.1) is 0 Å². The van der Waals surface area contributed by atoms with Crippen molar-refractivity contribution < 1.29 is 33.3 Å². The fourth-order valence-corrected chi connectivity index (χ4v) is 3.54. The summed E-state index contributed by atoms with van der Waals surface area (Å²) in [6, 6.07) is -0.669. The number of carbonyl (C=O) groups excluding carboxylic acids is 3. The van der Waals surface area contributed by atoms with Gasteiger partial charge in [0.25, 0.3) is 0 Å². The fourth-order valence-electron chi connectivity index (χ4n) is 3.54. The standard InChI is InChI=1S/C24H45N3O7/c1-5-7-8-19(3)24(30)34-20-16-21(23(29)26-9-6-2)27(17-20)22(28)18-33-15-14-32-13-12-31-11-10-25-4/h19-21,25H,5-18H2,1-4H3,(H,26,29). The Labute approximate surface area is 204 Å². The molecular formula is C24H45N3O7. The van der Waals surface area contributed by atoms with E-state index < -0.39 is 12.1 Å². The maximum atomic E-state index is 12.8. The van der Waals surface area contributed by atoms with E-state index in [-0.39, 0.29) is 43.5 Å². The van der Waals surface area contributed by atoms with Crippen LogP contribution >= 0.6 is 0 Å². The number of ether oxygens (including phenoxy) is 4. The predicted molar refractivity (Wildman–Crippen MR) is 128 cm³/mol. The number of unbranched alkanes of at least 4 members (excludes halogenated alkanes) is 1. The van der Waals surface area contributed by atoms with E-state index in [1.54, 1.807) is 0 Å². The van der Waals surface area contributed by atoms with E-state index in [0.717, 1.165) is 32.2 Å². The van der Waals surface area contributed by atoms with Crippen molar-refractivity contribution in [2.45, 2.75) is 65.0 Å². The number of amides is 2. The highest BCUT2D eigenvalue weighted by Gasteiger charge is 2.41. The molecule has 2 amide bonds. The van der Waals surface area contributed by atoms with Crippen LogP contribution in [0.5, 0.6) is 0 Å². The minimum atomic E-state index is -0.669. The van der Waals surface area contributed by atoms with Gasteiger partial charge < -0.3 is 34.5 Å². The molecule has 0 aromatic heterocycles. The highest BCUT2D eigenvalue weighted by atomic mass is 16.6. The number of esters is 1. The van der Waals surface area contributed by atoms with Crippen molar-refractivity contribution in [1.29, 1.82) is 0 Å². The van der Waals surface area contributed by atoms with Crippen molar-refractivity contribution in [2.75, 3.05) is 66.3 Å². The van der Waals surface area contributed by atoms with Crippen molar-refractivity contribution in [2.24, 2.45) is 5.92 Å². The van der Waals surface area contributed by atoms with Crippen molar-refractivity contribution in [3.05, 3.63) is 0 Å². The first-order valence-corrected chi connectivity index (χ1v) is 12.6. The van der Waals surface area contributed by atoms with Crippen LogP contribution in [0.25, 0.3) is 0 Å². The maximum absolute atomic E-state index is 12.8. The number of hydrogen-bond donors (Lipinski definition) is 2. The first-order valence-electron chi connectivity index (χ1n) is 12.6. The van der Waals surface area contributed by atoms with Crippen molar-refractivity contribution in [3.63, 3.8) is 0 Å². The lowest BCUT2D eigenvalue weighted by molar-refractivity contribution is -0.154. The summed E-state index contributed by atoms with van der Waals surface area (Å²) in [4.78, 5) is 39.3. The average Bonchev–Trinajstić information content (AvgIpc) is 3.25. The molecule has 10 nitrogen and oxygen atoms in total. The SMILES string of the molecule is CCCCC(C)C(=O)OC1CC(C(=O)NCCC)N(C(=O)COCCOCCOCCNC)C1.